The number of carbonyl (C=O) groups is 1. The molecule has 3 N–H and O–H groups in total. The lowest BCUT2D eigenvalue weighted by Crippen LogP contribution is -2.38. The van der Waals surface area contributed by atoms with Gasteiger partial charge in [-0.3, -0.25) is 4.79 Å². The molecule has 96 valence electrons. The Kier molecular flexibility index (Phi) is 6.75. The summed E-state index contributed by atoms with van der Waals surface area (Å²) in [5.74, 6) is -0.0181. The normalized spacial score (nSPS) is 10.6. The summed E-state index contributed by atoms with van der Waals surface area (Å²) in [6.07, 6.45) is 0.337. The molecule has 0 unspecified atom stereocenters. The number of hydrogen-bond acceptors (Lipinski definition) is 2. The van der Waals surface area contributed by atoms with Crippen LogP contribution in [-0.2, 0) is 11.3 Å². The van der Waals surface area contributed by atoms with Crippen LogP contribution >= 0.6 is 28.3 Å². The number of amides is 1. The molecule has 17 heavy (non-hydrogen) atoms. The van der Waals surface area contributed by atoms with E-state index in [0.717, 1.165) is 10.0 Å². The van der Waals surface area contributed by atoms with Crippen LogP contribution in [0.4, 0.5) is 0 Å². The summed E-state index contributed by atoms with van der Waals surface area (Å²) in [6.45, 7) is 4.22. The summed E-state index contributed by atoms with van der Waals surface area (Å²) >= 11 is 3.36. The average Bonchev–Trinajstić information content (AvgIpc) is 2.14. The number of carbonyl (C=O) groups excluding carboxylic acids is 1. The van der Waals surface area contributed by atoms with Gasteiger partial charge in [0.15, 0.2) is 0 Å². The molecule has 0 saturated heterocycles. The predicted molar refractivity (Wildman–Crippen MR) is 76.1 cm³/mol. The highest BCUT2D eigenvalue weighted by molar-refractivity contribution is 9.10. The van der Waals surface area contributed by atoms with Gasteiger partial charge in [-0.2, -0.15) is 0 Å². The number of benzene rings is 1. The van der Waals surface area contributed by atoms with E-state index in [4.69, 9.17) is 5.73 Å². The van der Waals surface area contributed by atoms with Gasteiger partial charge in [-0.05, 0) is 31.5 Å². The lowest BCUT2D eigenvalue weighted by molar-refractivity contribution is -0.122. The van der Waals surface area contributed by atoms with Crippen LogP contribution in [0.5, 0.6) is 0 Å². The first-order valence-corrected chi connectivity index (χ1v) is 5.96. The minimum atomic E-state index is -0.455. The quantitative estimate of drug-likeness (QED) is 0.895. The third-order valence-corrected chi connectivity index (χ3v) is 2.55. The fourth-order valence-corrected chi connectivity index (χ4v) is 1.54. The van der Waals surface area contributed by atoms with Crippen LogP contribution in [-0.4, -0.2) is 11.4 Å². The van der Waals surface area contributed by atoms with Crippen LogP contribution in [0.25, 0.3) is 0 Å². The fourth-order valence-electron chi connectivity index (χ4n) is 1.28. The summed E-state index contributed by atoms with van der Waals surface area (Å²) in [5, 5.41) is 2.84. The summed E-state index contributed by atoms with van der Waals surface area (Å²) in [6, 6.07) is 7.85. The molecule has 0 saturated carbocycles. The molecule has 1 aromatic carbocycles. The van der Waals surface area contributed by atoms with Gasteiger partial charge in [0, 0.05) is 23.0 Å². The van der Waals surface area contributed by atoms with E-state index in [0.29, 0.717) is 13.0 Å². The van der Waals surface area contributed by atoms with E-state index in [1.54, 1.807) is 0 Å². The SMILES string of the molecule is CC(C)(N)CC(=O)NCc1ccc(Br)cc1.Cl. The molecule has 0 atom stereocenters. The standard InChI is InChI=1S/C12H17BrN2O.ClH/c1-12(2,14)7-11(16)15-8-9-3-5-10(13)6-4-9;/h3-6H,7-8,14H2,1-2H3,(H,15,16);1H. The lowest BCUT2D eigenvalue weighted by atomic mass is 10.0. The number of halogens is 2. The predicted octanol–water partition coefficient (Wildman–Crippen LogP) is 2.61. The van der Waals surface area contributed by atoms with E-state index in [2.05, 4.69) is 21.2 Å². The maximum atomic E-state index is 11.5. The highest BCUT2D eigenvalue weighted by Gasteiger charge is 2.15. The van der Waals surface area contributed by atoms with Gasteiger partial charge in [0.05, 0.1) is 0 Å². The van der Waals surface area contributed by atoms with Crippen molar-refractivity contribution in [2.75, 3.05) is 0 Å². The van der Waals surface area contributed by atoms with E-state index < -0.39 is 5.54 Å². The van der Waals surface area contributed by atoms with Gasteiger partial charge in [0.2, 0.25) is 5.91 Å². The Morgan fingerprint density at radius 1 is 1.35 bits per heavy atom. The minimum Gasteiger partial charge on any atom is -0.352 e. The maximum absolute atomic E-state index is 11.5. The first-order valence-electron chi connectivity index (χ1n) is 5.17. The Morgan fingerprint density at radius 2 is 1.88 bits per heavy atom. The van der Waals surface area contributed by atoms with Crippen LogP contribution < -0.4 is 11.1 Å². The number of nitrogens with two attached hydrogens (primary N) is 1. The maximum Gasteiger partial charge on any atom is 0.222 e. The van der Waals surface area contributed by atoms with E-state index in [1.165, 1.54) is 0 Å². The molecule has 0 heterocycles. The third-order valence-electron chi connectivity index (χ3n) is 2.02. The second kappa shape index (κ2) is 6.99. The molecule has 0 spiro atoms. The van der Waals surface area contributed by atoms with Crippen LogP contribution in [0.2, 0.25) is 0 Å². The number of nitrogens with one attached hydrogen (secondary N) is 1. The molecular weight excluding hydrogens is 304 g/mol. The summed E-state index contributed by atoms with van der Waals surface area (Å²) in [7, 11) is 0. The molecule has 0 aliphatic rings. The monoisotopic (exact) mass is 320 g/mol. The van der Waals surface area contributed by atoms with Gasteiger partial charge < -0.3 is 11.1 Å². The largest absolute Gasteiger partial charge is 0.352 e. The van der Waals surface area contributed by atoms with Gasteiger partial charge in [-0.15, -0.1) is 12.4 Å². The van der Waals surface area contributed by atoms with Crippen LogP contribution in [0, 0.1) is 0 Å². The van der Waals surface area contributed by atoms with Crippen molar-refractivity contribution in [3.05, 3.63) is 34.3 Å². The highest BCUT2D eigenvalue weighted by atomic mass is 79.9. The topological polar surface area (TPSA) is 55.1 Å². The molecule has 1 aromatic rings. The van der Waals surface area contributed by atoms with Crippen LogP contribution in [0.3, 0.4) is 0 Å². The van der Waals surface area contributed by atoms with E-state index in [-0.39, 0.29) is 18.3 Å². The molecule has 3 nitrogen and oxygen atoms in total. The van der Waals surface area contributed by atoms with Gasteiger partial charge >= 0.3 is 0 Å². The van der Waals surface area contributed by atoms with Gasteiger partial charge in [-0.1, -0.05) is 28.1 Å². The molecule has 0 bridgehead atoms. The van der Waals surface area contributed by atoms with E-state index in [1.807, 2.05) is 38.1 Å². The van der Waals surface area contributed by atoms with Crippen molar-refractivity contribution in [2.45, 2.75) is 32.4 Å². The molecule has 0 aliphatic carbocycles. The second-order valence-corrected chi connectivity index (χ2v) is 5.48. The molecule has 1 rings (SSSR count). The third kappa shape index (κ3) is 7.36. The van der Waals surface area contributed by atoms with Crippen LogP contribution in [0.1, 0.15) is 25.8 Å². The molecule has 0 radical (unpaired) electrons. The first kappa shape index (κ1) is 16.4. The smallest absolute Gasteiger partial charge is 0.222 e. The Balaban J connectivity index is 0.00000256. The van der Waals surface area contributed by atoms with Crippen molar-refractivity contribution < 1.29 is 4.79 Å². The fraction of sp³-hybridized carbons (Fsp3) is 0.417. The van der Waals surface area contributed by atoms with Crippen molar-refractivity contribution in [1.82, 2.24) is 5.32 Å². The second-order valence-electron chi connectivity index (χ2n) is 4.57. The molecule has 0 fully saturated rings. The lowest BCUT2D eigenvalue weighted by Gasteiger charge is -2.17. The number of hydrogen-bond donors (Lipinski definition) is 2. The molecule has 0 aliphatic heterocycles. The minimum absolute atomic E-state index is 0. The van der Waals surface area contributed by atoms with Crippen molar-refractivity contribution in [3.63, 3.8) is 0 Å². The van der Waals surface area contributed by atoms with Gasteiger partial charge in [0.1, 0.15) is 0 Å². The summed E-state index contributed by atoms with van der Waals surface area (Å²) in [5.41, 5.74) is 6.38. The van der Waals surface area contributed by atoms with Crippen LogP contribution in [0.15, 0.2) is 28.7 Å². The Labute approximate surface area is 117 Å². The summed E-state index contributed by atoms with van der Waals surface area (Å²) < 4.78 is 1.03. The van der Waals surface area contributed by atoms with Gasteiger partial charge in [-0.25, -0.2) is 0 Å². The molecule has 1 amide bonds. The van der Waals surface area contributed by atoms with E-state index in [9.17, 15) is 4.79 Å². The zero-order chi connectivity index (χ0) is 12.2. The van der Waals surface area contributed by atoms with Crippen molar-refractivity contribution in [1.29, 1.82) is 0 Å². The van der Waals surface area contributed by atoms with Gasteiger partial charge in [0.25, 0.3) is 0 Å². The van der Waals surface area contributed by atoms with Crippen molar-refractivity contribution in [2.24, 2.45) is 5.73 Å². The van der Waals surface area contributed by atoms with Crippen molar-refractivity contribution in [3.8, 4) is 0 Å². The molecular formula is C12H18BrClN2O. The highest BCUT2D eigenvalue weighted by Crippen LogP contribution is 2.10. The molecule has 0 aromatic heterocycles. The Morgan fingerprint density at radius 3 is 2.35 bits per heavy atom. The summed E-state index contributed by atoms with van der Waals surface area (Å²) in [4.78, 5) is 11.5. The average molecular weight is 322 g/mol. The van der Waals surface area contributed by atoms with Crippen molar-refractivity contribution >= 4 is 34.2 Å². The zero-order valence-corrected chi connectivity index (χ0v) is 12.4. The van der Waals surface area contributed by atoms with E-state index >= 15 is 0 Å². The molecule has 5 heteroatoms. The Hall–Kier alpha value is -0.580. The number of rotatable bonds is 4. The first-order chi connectivity index (χ1) is 7.37. The zero-order valence-electron chi connectivity index (χ0n) is 10.00. The Bertz CT molecular complexity index is 360.